The van der Waals surface area contributed by atoms with Gasteiger partial charge in [-0.2, -0.15) is 0 Å². The molecule has 0 aliphatic heterocycles. The van der Waals surface area contributed by atoms with Gasteiger partial charge in [0.25, 0.3) is 0 Å². The summed E-state index contributed by atoms with van der Waals surface area (Å²) in [5.41, 5.74) is 2.08. The van der Waals surface area contributed by atoms with Crippen molar-refractivity contribution in [3.8, 4) is 5.75 Å². The van der Waals surface area contributed by atoms with Crippen molar-refractivity contribution in [1.29, 1.82) is 0 Å². The molecule has 0 spiro atoms. The average molecular weight is 515 g/mol. The summed E-state index contributed by atoms with van der Waals surface area (Å²) in [6.45, 7) is 0.664. The second-order valence-corrected chi connectivity index (χ2v) is 7.36. The standard InChI is InChI=1S/C13H9Br4NO/c14-8-1-2-12(9(15)5-8)18-6-7-3-10(16)13(19)11(17)4-7/h1-5,18-19H,6H2. The summed E-state index contributed by atoms with van der Waals surface area (Å²) < 4.78 is 3.38. The van der Waals surface area contributed by atoms with E-state index in [1.165, 1.54) is 0 Å². The number of benzene rings is 2. The van der Waals surface area contributed by atoms with Gasteiger partial charge in [-0.3, -0.25) is 0 Å². The number of rotatable bonds is 3. The number of hydrogen-bond acceptors (Lipinski definition) is 2. The lowest BCUT2D eigenvalue weighted by Gasteiger charge is -2.10. The monoisotopic (exact) mass is 511 g/mol. The van der Waals surface area contributed by atoms with Gasteiger partial charge in [-0.05, 0) is 83.7 Å². The Hall–Kier alpha value is -0.0400. The minimum Gasteiger partial charge on any atom is -0.506 e. The van der Waals surface area contributed by atoms with Crippen LogP contribution in [0.4, 0.5) is 5.69 Å². The van der Waals surface area contributed by atoms with Crippen molar-refractivity contribution < 1.29 is 5.11 Å². The van der Waals surface area contributed by atoms with E-state index in [0.717, 1.165) is 20.2 Å². The summed E-state index contributed by atoms with van der Waals surface area (Å²) in [7, 11) is 0. The van der Waals surface area contributed by atoms with Gasteiger partial charge in [-0.1, -0.05) is 15.9 Å². The lowest BCUT2D eigenvalue weighted by molar-refractivity contribution is 0.468. The van der Waals surface area contributed by atoms with Crippen molar-refractivity contribution in [1.82, 2.24) is 0 Å². The Morgan fingerprint density at radius 3 is 2.11 bits per heavy atom. The summed E-state index contributed by atoms with van der Waals surface area (Å²) in [6.07, 6.45) is 0. The molecule has 2 aromatic carbocycles. The van der Waals surface area contributed by atoms with Crippen LogP contribution in [0.2, 0.25) is 0 Å². The second-order valence-electron chi connectivity index (χ2n) is 3.89. The van der Waals surface area contributed by atoms with Crippen LogP contribution < -0.4 is 5.32 Å². The Balaban J connectivity index is 2.14. The van der Waals surface area contributed by atoms with E-state index in [1.807, 2.05) is 30.3 Å². The smallest absolute Gasteiger partial charge is 0.143 e. The van der Waals surface area contributed by atoms with E-state index in [2.05, 4.69) is 69.0 Å². The van der Waals surface area contributed by atoms with Crippen molar-refractivity contribution in [2.75, 3.05) is 5.32 Å². The number of phenolic OH excluding ortho intramolecular Hbond substituents is 1. The first-order valence-electron chi connectivity index (χ1n) is 5.33. The van der Waals surface area contributed by atoms with Crippen LogP contribution in [0.1, 0.15) is 5.56 Å². The Morgan fingerprint density at radius 1 is 0.895 bits per heavy atom. The molecule has 6 heteroatoms. The summed E-state index contributed by atoms with van der Waals surface area (Å²) in [5, 5.41) is 13.0. The maximum atomic E-state index is 9.66. The number of aromatic hydroxyl groups is 1. The molecule has 2 nitrogen and oxygen atoms in total. The molecule has 0 saturated carbocycles. The van der Waals surface area contributed by atoms with E-state index in [4.69, 9.17) is 0 Å². The van der Waals surface area contributed by atoms with E-state index >= 15 is 0 Å². The van der Waals surface area contributed by atoms with Crippen molar-refractivity contribution in [3.05, 3.63) is 53.8 Å². The molecule has 100 valence electrons. The predicted octanol–water partition coefficient (Wildman–Crippen LogP) is 6.05. The molecular formula is C13H9Br4NO. The van der Waals surface area contributed by atoms with E-state index in [-0.39, 0.29) is 5.75 Å². The van der Waals surface area contributed by atoms with Gasteiger partial charge >= 0.3 is 0 Å². The zero-order valence-corrected chi connectivity index (χ0v) is 15.9. The number of phenols is 1. The van der Waals surface area contributed by atoms with Gasteiger partial charge in [0.2, 0.25) is 0 Å². The van der Waals surface area contributed by atoms with Crippen LogP contribution in [0.5, 0.6) is 5.75 Å². The first-order chi connectivity index (χ1) is 8.97. The first kappa shape index (κ1) is 15.4. The van der Waals surface area contributed by atoms with Crippen LogP contribution >= 0.6 is 63.7 Å². The number of halogens is 4. The molecule has 0 fully saturated rings. The Bertz CT molecular complexity index is 593. The topological polar surface area (TPSA) is 32.3 Å². The molecule has 2 N–H and O–H groups in total. The second kappa shape index (κ2) is 6.61. The highest BCUT2D eigenvalue weighted by atomic mass is 79.9. The third kappa shape index (κ3) is 3.97. The van der Waals surface area contributed by atoms with Crippen LogP contribution in [0.3, 0.4) is 0 Å². The zero-order valence-electron chi connectivity index (χ0n) is 9.55. The summed E-state index contributed by atoms with van der Waals surface area (Å²) in [5.74, 6) is 0.216. The average Bonchev–Trinajstić information content (AvgIpc) is 2.34. The zero-order chi connectivity index (χ0) is 14.0. The van der Waals surface area contributed by atoms with Crippen LogP contribution in [-0.2, 0) is 6.54 Å². The van der Waals surface area contributed by atoms with Crippen molar-refractivity contribution in [2.45, 2.75) is 6.54 Å². The molecule has 0 aliphatic rings. The molecule has 0 bridgehead atoms. The van der Waals surface area contributed by atoms with Crippen molar-refractivity contribution >= 4 is 69.4 Å². The Kier molecular flexibility index (Phi) is 5.34. The molecular weight excluding hydrogens is 506 g/mol. The highest BCUT2D eigenvalue weighted by Gasteiger charge is 2.06. The number of nitrogens with one attached hydrogen (secondary N) is 1. The summed E-state index contributed by atoms with van der Waals surface area (Å²) >= 11 is 13.6. The third-order valence-electron chi connectivity index (χ3n) is 2.49. The molecule has 0 aliphatic carbocycles. The minimum atomic E-state index is 0.216. The van der Waals surface area contributed by atoms with Gasteiger partial charge in [0.05, 0.1) is 8.95 Å². The molecule has 0 radical (unpaired) electrons. The van der Waals surface area contributed by atoms with Crippen molar-refractivity contribution in [2.24, 2.45) is 0 Å². The Labute approximate surface area is 145 Å². The van der Waals surface area contributed by atoms with E-state index in [9.17, 15) is 5.11 Å². The summed E-state index contributed by atoms with van der Waals surface area (Å²) in [4.78, 5) is 0. The normalized spacial score (nSPS) is 10.5. The van der Waals surface area contributed by atoms with Gasteiger partial charge < -0.3 is 10.4 Å². The molecule has 0 heterocycles. The molecule has 0 saturated heterocycles. The van der Waals surface area contributed by atoms with Crippen LogP contribution in [0.25, 0.3) is 0 Å². The van der Waals surface area contributed by atoms with Crippen molar-refractivity contribution in [3.63, 3.8) is 0 Å². The lowest BCUT2D eigenvalue weighted by Crippen LogP contribution is -2.00. The van der Waals surface area contributed by atoms with Crippen LogP contribution in [0, 0.1) is 0 Å². The fourth-order valence-corrected chi connectivity index (χ4v) is 4.02. The van der Waals surface area contributed by atoms with Gasteiger partial charge in [0.15, 0.2) is 0 Å². The van der Waals surface area contributed by atoms with Gasteiger partial charge in [0, 0.05) is 21.2 Å². The molecule has 0 atom stereocenters. The van der Waals surface area contributed by atoms with Gasteiger partial charge in [-0.25, -0.2) is 0 Å². The maximum absolute atomic E-state index is 9.66. The fraction of sp³-hybridized carbons (Fsp3) is 0.0769. The molecule has 19 heavy (non-hydrogen) atoms. The summed E-state index contributed by atoms with van der Waals surface area (Å²) in [6, 6.07) is 9.75. The predicted molar refractivity (Wildman–Crippen MR) is 92.7 cm³/mol. The van der Waals surface area contributed by atoms with E-state index in [1.54, 1.807) is 0 Å². The van der Waals surface area contributed by atoms with Gasteiger partial charge in [-0.15, -0.1) is 0 Å². The van der Waals surface area contributed by atoms with E-state index in [0.29, 0.717) is 15.5 Å². The molecule has 2 rings (SSSR count). The van der Waals surface area contributed by atoms with Crippen LogP contribution in [0.15, 0.2) is 48.2 Å². The number of hydrogen-bond donors (Lipinski definition) is 2. The minimum absolute atomic E-state index is 0.216. The SMILES string of the molecule is Oc1c(Br)cc(CNc2ccc(Br)cc2Br)cc1Br. The molecule has 0 amide bonds. The van der Waals surface area contributed by atoms with Crippen LogP contribution in [-0.4, -0.2) is 5.11 Å². The Morgan fingerprint density at radius 2 is 1.53 bits per heavy atom. The largest absolute Gasteiger partial charge is 0.506 e. The number of anilines is 1. The molecule has 0 aromatic heterocycles. The molecule has 0 unspecified atom stereocenters. The molecule has 2 aromatic rings. The fourth-order valence-electron chi connectivity index (χ4n) is 1.55. The highest BCUT2D eigenvalue weighted by molar-refractivity contribution is 9.11. The first-order valence-corrected chi connectivity index (χ1v) is 8.50. The quantitative estimate of drug-likeness (QED) is 0.522. The maximum Gasteiger partial charge on any atom is 0.143 e. The lowest BCUT2D eigenvalue weighted by atomic mass is 10.2. The van der Waals surface area contributed by atoms with Gasteiger partial charge in [0.1, 0.15) is 5.75 Å². The highest BCUT2D eigenvalue weighted by Crippen LogP contribution is 2.34. The third-order valence-corrected chi connectivity index (χ3v) is 4.85. The van der Waals surface area contributed by atoms with E-state index < -0.39 is 0 Å².